The molecule has 168 valence electrons. The molecule has 0 aromatic heterocycles. The second kappa shape index (κ2) is 9.08. The van der Waals surface area contributed by atoms with Gasteiger partial charge in [-0.1, -0.05) is 6.07 Å². The van der Waals surface area contributed by atoms with Crippen LogP contribution in [0.5, 0.6) is 17.2 Å². The first-order valence-corrected chi connectivity index (χ1v) is 8.87. The van der Waals surface area contributed by atoms with Crippen LogP contribution in [0, 0.1) is 0 Å². The van der Waals surface area contributed by atoms with Crippen LogP contribution in [-0.4, -0.2) is 12.4 Å². The molecule has 0 saturated carbocycles. The van der Waals surface area contributed by atoms with E-state index >= 15 is 0 Å². The minimum atomic E-state index is -4.86. The predicted octanol–water partition coefficient (Wildman–Crippen LogP) is 7.04. The highest BCUT2D eigenvalue weighted by molar-refractivity contribution is 5.99. The Balaban J connectivity index is 1.56. The van der Waals surface area contributed by atoms with Crippen LogP contribution in [-0.2, 0) is 6.18 Å². The molecule has 0 aliphatic rings. The van der Waals surface area contributed by atoms with Crippen LogP contribution < -0.4 is 20.1 Å². The standard InChI is InChI=1S/C21H14F6N2O3/c22-20(23,24)13-4-8-16(9-5-13)31-17-10-6-14(7-11-17)28-19(30)29-15-2-1-3-18(12-15)32-21(25,26)27/h1-12H,(H2,28,29,30). The van der Waals surface area contributed by atoms with Gasteiger partial charge in [0.05, 0.1) is 5.56 Å². The number of ether oxygens (including phenoxy) is 2. The number of anilines is 2. The van der Waals surface area contributed by atoms with Gasteiger partial charge in [-0.2, -0.15) is 13.2 Å². The van der Waals surface area contributed by atoms with E-state index in [1.807, 2.05) is 0 Å². The fraction of sp³-hybridized carbons (Fsp3) is 0.0952. The molecule has 0 unspecified atom stereocenters. The Morgan fingerprint density at radius 2 is 1.25 bits per heavy atom. The minimum absolute atomic E-state index is 0.0755. The van der Waals surface area contributed by atoms with E-state index in [1.54, 1.807) is 0 Å². The summed E-state index contributed by atoms with van der Waals surface area (Å²) in [4.78, 5) is 12.1. The molecule has 0 radical (unpaired) electrons. The lowest BCUT2D eigenvalue weighted by atomic mass is 10.2. The SMILES string of the molecule is O=C(Nc1ccc(Oc2ccc(C(F)(F)F)cc2)cc1)Nc1cccc(OC(F)(F)F)c1. The number of halogens is 6. The largest absolute Gasteiger partial charge is 0.573 e. The fourth-order valence-corrected chi connectivity index (χ4v) is 2.52. The molecule has 0 aliphatic carbocycles. The molecule has 3 rings (SSSR count). The first-order valence-electron chi connectivity index (χ1n) is 8.87. The van der Waals surface area contributed by atoms with Crippen molar-refractivity contribution in [2.45, 2.75) is 12.5 Å². The molecule has 3 aromatic rings. The molecule has 11 heteroatoms. The molecule has 0 aliphatic heterocycles. The van der Waals surface area contributed by atoms with Gasteiger partial charge in [0.15, 0.2) is 0 Å². The maximum atomic E-state index is 12.6. The van der Waals surface area contributed by atoms with E-state index in [-0.39, 0.29) is 11.4 Å². The average Bonchev–Trinajstić information content (AvgIpc) is 2.68. The van der Waals surface area contributed by atoms with Crippen LogP contribution in [0.15, 0.2) is 72.8 Å². The van der Waals surface area contributed by atoms with E-state index in [0.29, 0.717) is 11.4 Å². The lowest BCUT2D eigenvalue weighted by molar-refractivity contribution is -0.274. The number of urea groups is 1. The number of hydrogen-bond donors (Lipinski definition) is 2. The summed E-state index contributed by atoms with van der Waals surface area (Å²) in [5.41, 5.74) is -0.387. The van der Waals surface area contributed by atoms with Crippen molar-refractivity contribution in [2.24, 2.45) is 0 Å². The van der Waals surface area contributed by atoms with Gasteiger partial charge >= 0.3 is 18.6 Å². The average molecular weight is 456 g/mol. The Morgan fingerprint density at radius 3 is 1.81 bits per heavy atom. The number of rotatable bonds is 5. The summed E-state index contributed by atoms with van der Waals surface area (Å²) in [6.45, 7) is 0. The Bertz CT molecular complexity index is 1060. The van der Waals surface area contributed by atoms with Crippen LogP contribution in [0.25, 0.3) is 0 Å². The zero-order chi connectivity index (χ0) is 23.4. The molecule has 0 spiro atoms. The van der Waals surface area contributed by atoms with Gasteiger partial charge in [-0.15, -0.1) is 13.2 Å². The van der Waals surface area contributed by atoms with E-state index in [1.165, 1.54) is 48.5 Å². The number of nitrogens with one attached hydrogen (secondary N) is 2. The van der Waals surface area contributed by atoms with Crippen LogP contribution in [0.4, 0.5) is 42.5 Å². The normalized spacial score (nSPS) is 11.6. The van der Waals surface area contributed by atoms with E-state index in [2.05, 4.69) is 15.4 Å². The summed E-state index contributed by atoms with van der Waals surface area (Å²) in [6, 6.07) is 14.1. The molecule has 2 N–H and O–H groups in total. The fourth-order valence-electron chi connectivity index (χ4n) is 2.52. The monoisotopic (exact) mass is 456 g/mol. The third-order valence-corrected chi connectivity index (χ3v) is 3.86. The third kappa shape index (κ3) is 6.83. The van der Waals surface area contributed by atoms with Crippen molar-refractivity contribution >= 4 is 17.4 Å². The second-order valence-corrected chi connectivity index (χ2v) is 6.30. The lowest BCUT2D eigenvalue weighted by Crippen LogP contribution is -2.20. The molecule has 32 heavy (non-hydrogen) atoms. The highest BCUT2D eigenvalue weighted by atomic mass is 19.4. The van der Waals surface area contributed by atoms with Crippen molar-refractivity contribution in [3.05, 3.63) is 78.4 Å². The molecule has 0 saturated heterocycles. The third-order valence-electron chi connectivity index (χ3n) is 3.86. The predicted molar refractivity (Wildman–Crippen MR) is 104 cm³/mol. The van der Waals surface area contributed by atoms with Gasteiger partial charge in [-0.3, -0.25) is 0 Å². The first-order chi connectivity index (χ1) is 15.0. The molecule has 2 amide bonds. The topological polar surface area (TPSA) is 59.6 Å². The Morgan fingerprint density at radius 1 is 0.688 bits per heavy atom. The van der Waals surface area contributed by atoms with Gasteiger partial charge in [0.1, 0.15) is 17.2 Å². The van der Waals surface area contributed by atoms with Crippen LogP contribution in [0.1, 0.15) is 5.56 Å². The molecule has 0 atom stereocenters. The van der Waals surface area contributed by atoms with Gasteiger partial charge < -0.3 is 20.1 Å². The molecular formula is C21H14F6N2O3. The van der Waals surface area contributed by atoms with Crippen molar-refractivity contribution in [1.82, 2.24) is 0 Å². The quantitative estimate of drug-likeness (QED) is 0.405. The zero-order valence-electron chi connectivity index (χ0n) is 15.9. The molecular weight excluding hydrogens is 442 g/mol. The summed E-state index contributed by atoms with van der Waals surface area (Å²) in [6.07, 6.45) is -9.30. The van der Waals surface area contributed by atoms with Gasteiger partial charge in [0.2, 0.25) is 0 Å². The summed E-state index contributed by atoms with van der Waals surface area (Å²) >= 11 is 0. The van der Waals surface area contributed by atoms with Crippen LogP contribution in [0.3, 0.4) is 0 Å². The Labute approximate surface area is 177 Å². The van der Waals surface area contributed by atoms with Gasteiger partial charge in [-0.05, 0) is 60.7 Å². The Hall–Kier alpha value is -3.89. The summed E-state index contributed by atoms with van der Waals surface area (Å²) in [7, 11) is 0. The van der Waals surface area contributed by atoms with Crippen molar-refractivity contribution < 1.29 is 40.6 Å². The number of hydrogen-bond acceptors (Lipinski definition) is 3. The molecule has 3 aromatic carbocycles. The summed E-state index contributed by atoms with van der Waals surface area (Å²) in [5, 5.41) is 4.85. The minimum Gasteiger partial charge on any atom is -0.457 e. The molecule has 0 bridgehead atoms. The van der Waals surface area contributed by atoms with E-state index in [4.69, 9.17) is 4.74 Å². The van der Waals surface area contributed by atoms with Crippen molar-refractivity contribution in [1.29, 1.82) is 0 Å². The van der Waals surface area contributed by atoms with Gasteiger partial charge in [0.25, 0.3) is 0 Å². The number of amides is 2. The lowest BCUT2D eigenvalue weighted by Gasteiger charge is -2.12. The van der Waals surface area contributed by atoms with Crippen molar-refractivity contribution in [3.8, 4) is 17.2 Å². The number of benzene rings is 3. The van der Waals surface area contributed by atoms with E-state index in [9.17, 15) is 31.1 Å². The van der Waals surface area contributed by atoms with Gasteiger partial charge in [0, 0.05) is 17.4 Å². The second-order valence-electron chi connectivity index (χ2n) is 6.30. The molecule has 5 nitrogen and oxygen atoms in total. The molecule has 0 heterocycles. The maximum absolute atomic E-state index is 12.6. The number of carbonyl (C=O) groups is 1. The summed E-state index contributed by atoms with van der Waals surface area (Å²) in [5.74, 6) is 0.0187. The zero-order valence-corrected chi connectivity index (χ0v) is 15.9. The summed E-state index contributed by atoms with van der Waals surface area (Å²) < 4.78 is 83.8. The highest BCUT2D eigenvalue weighted by Gasteiger charge is 2.31. The molecule has 0 fully saturated rings. The number of alkyl halides is 6. The Kier molecular flexibility index (Phi) is 6.47. The maximum Gasteiger partial charge on any atom is 0.573 e. The first kappa shape index (κ1) is 22.8. The van der Waals surface area contributed by atoms with E-state index in [0.717, 1.165) is 24.3 Å². The van der Waals surface area contributed by atoms with Crippen molar-refractivity contribution in [2.75, 3.05) is 10.6 Å². The smallest absolute Gasteiger partial charge is 0.457 e. The van der Waals surface area contributed by atoms with Crippen molar-refractivity contribution in [3.63, 3.8) is 0 Å². The highest BCUT2D eigenvalue weighted by Crippen LogP contribution is 2.31. The van der Waals surface area contributed by atoms with Crippen LogP contribution >= 0.6 is 0 Å². The van der Waals surface area contributed by atoms with Gasteiger partial charge in [-0.25, -0.2) is 4.79 Å². The van der Waals surface area contributed by atoms with E-state index < -0.39 is 29.9 Å². The number of carbonyl (C=O) groups excluding carboxylic acids is 1. The van der Waals surface area contributed by atoms with Crippen LogP contribution in [0.2, 0.25) is 0 Å².